The van der Waals surface area contributed by atoms with E-state index >= 15 is 0 Å². The van der Waals surface area contributed by atoms with E-state index in [2.05, 4.69) is 13.8 Å². The molecule has 2 atom stereocenters. The van der Waals surface area contributed by atoms with Crippen molar-refractivity contribution in [2.75, 3.05) is 26.4 Å². The maximum absolute atomic E-state index is 12.8. The minimum absolute atomic E-state index is 0.0589. The molecule has 2 unspecified atom stereocenters. The van der Waals surface area contributed by atoms with Crippen molar-refractivity contribution < 1.29 is 37.6 Å². The minimum atomic E-state index is -4.39. The third-order valence-corrected chi connectivity index (χ3v) is 18.0. The number of rotatable bonds is 71. The van der Waals surface area contributed by atoms with Gasteiger partial charge in [0.15, 0.2) is 6.10 Å². The van der Waals surface area contributed by atoms with Crippen LogP contribution in [0.15, 0.2) is 0 Å². The van der Waals surface area contributed by atoms with Crippen LogP contribution in [-0.4, -0.2) is 49.3 Å². The quantitative estimate of drug-likeness (QED) is 0.0347. The Bertz CT molecular complexity index is 1290. The highest BCUT2D eigenvalue weighted by atomic mass is 31.2. The summed E-state index contributed by atoms with van der Waals surface area (Å²) in [5.74, 6) is -0.796. The molecule has 0 aliphatic rings. The van der Waals surface area contributed by atoms with Crippen molar-refractivity contribution in [1.29, 1.82) is 0 Å². The van der Waals surface area contributed by atoms with Crippen molar-refractivity contribution in [3.05, 3.63) is 0 Å². The molecule has 10 heteroatoms. The summed E-state index contributed by atoms with van der Waals surface area (Å²) in [7, 11) is -4.39. The van der Waals surface area contributed by atoms with Gasteiger partial charge in [-0.25, -0.2) is 4.57 Å². The molecule has 0 rings (SSSR count). The van der Waals surface area contributed by atoms with Crippen LogP contribution in [0.4, 0.5) is 0 Å². The third-order valence-electron chi connectivity index (χ3n) is 17.0. The first-order valence-electron chi connectivity index (χ1n) is 36.5. The molecule has 0 heterocycles. The molecular weight excluding hydrogens is 1030 g/mol. The van der Waals surface area contributed by atoms with Crippen LogP contribution in [0.2, 0.25) is 0 Å². The van der Waals surface area contributed by atoms with Gasteiger partial charge >= 0.3 is 19.8 Å². The zero-order chi connectivity index (χ0) is 58.7. The molecule has 0 aromatic heterocycles. The first-order chi connectivity index (χ1) is 39.8. The van der Waals surface area contributed by atoms with Gasteiger partial charge < -0.3 is 20.1 Å². The van der Waals surface area contributed by atoms with Crippen molar-refractivity contribution in [3.63, 3.8) is 0 Å². The van der Waals surface area contributed by atoms with E-state index in [0.29, 0.717) is 12.8 Å². The van der Waals surface area contributed by atoms with Gasteiger partial charge in [0, 0.05) is 19.4 Å². The predicted molar refractivity (Wildman–Crippen MR) is 349 cm³/mol. The van der Waals surface area contributed by atoms with Crippen LogP contribution in [0.5, 0.6) is 0 Å². The van der Waals surface area contributed by atoms with Gasteiger partial charge in [-0.3, -0.25) is 18.6 Å². The van der Waals surface area contributed by atoms with Crippen LogP contribution < -0.4 is 5.73 Å². The molecule has 0 bridgehead atoms. The summed E-state index contributed by atoms with van der Waals surface area (Å²) in [5.41, 5.74) is 5.41. The zero-order valence-electron chi connectivity index (χ0n) is 54.6. The average Bonchev–Trinajstić information content (AvgIpc) is 3.46. The first kappa shape index (κ1) is 80.0. The second kappa shape index (κ2) is 68.1. The van der Waals surface area contributed by atoms with E-state index in [9.17, 15) is 19.0 Å². The Kier molecular flexibility index (Phi) is 67.3. The minimum Gasteiger partial charge on any atom is -0.462 e. The SMILES string of the molecule is CCCCCCCCCCCCCCCCCCCCCCCCCCCCCCCCCCCC(=O)OC(COC(=O)CCCCCCCCCCCCCCCCCCCCCCCCCCCCC)COP(=O)(O)OCCN. The van der Waals surface area contributed by atoms with Crippen molar-refractivity contribution in [3.8, 4) is 0 Å². The van der Waals surface area contributed by atoms with Crippen molar-refractivity contribution in [1.82, 2.24) is 0 Å². The van der Waals surface area contributed by atoms with Gasteiger partial charge in [0.05, 0.1) is 13.2 Å². The van der Waals surface area contributed by atoms with Gasteiger partial charge in [0.1, 0.15) is 6.61 Å². The number of unbranched alkanes of at least 4 members (excludes halogenated alkanes) is 58. The molecule has 0 spiro atoms. The number of hydrogen-bond donors (Lipinski definition) is 2. The highest BCUT2D eigenvalue weighted by molar-refractivity contribution is 7.47. The molecule has 0 amide bonds. The number of nitrogens with two attached hydrogens (primary N) is 1. The van der Waals surface area contributed by atoms with E-state index in [1.54, 1.807) is 0 Å². The molecule has 0 aromatic rings. The Morgan fingerprint density at radius 3 is 0.753 bits per heavy atom. The fraction of sp³-hybridized carbons (Fsp3) is 0.972. The van der Waals surface area contributed by atoms with E-state index in [0.717, 1.165) is 32.1 Å². The molecule has 9 nitrogen and oxygen atoms in total. The maximum atomic E-state index is 12.8. The van der Waals surface area contributed by atoms with E-state index in [4.69, 9.17) is 24.3 Å². The Morgan fingerprint density at radius 1 is 0.321 bits per heavy atom. The highest BCUT2D eigenvalue weighted by Crippen LogP contribution is 2.43. The predicted octanol–water partition coefficient (Wildman–Crippen LogP) is 23.8. The van der Waals surface area contributed by atoms with Gasteiger partial charge in [-0.05, 0) is 12.8 Å². The summed E-state index contributed by atoms with van der Waals surface area (Å²) in [4.78, 5) is 35.4. The smallest absolute Gasteiger partial charge is 0.462 e. The molecule has 0 fully saturated rings. The number of hydrogen-bond acceptors (Lipinski definition) is 8. The Labute approximate surface area is 505 Å². The van der Waals surface area contributed by atoms with Crippen molar-refractivity contribution in [2.45, 2.75) is 418 Å². The summed E-state index contributed by atoms with van der Waals surface area (Å²) < 4.78 is 33.2. The number of phosphoric ester groups is 1. The summed E-state index contributed by atoms with van der Waals surface area (Å²) >= 11 is 0. The number of carbonyl (C=O) groups excluding carboxylic acids is 2. The second-order valence-electron chi connectivity index (χ2n) is 25.2. The van der Waals surface area contributed by atoms with E-state index < -0.39 is 26.5 Å². The lowest BCUT2D eigenvalue weighted by atomic mass is 10.0. The molecule has 0 aromatic carbocycles. The number of carbonyl (C=O) groups is 2. The molecular formula is C71H142NO8P. The summed E-state index contributed by atoms with van der Waals surface area (Å²) in [6.07, 6.45) is 80.8. The lowest BCUT2D eigenvalue weighted by Gasteiger charge is -2.19. The van der Waals surface area contributed by atoms with Crippen LogP contribution in [0, 0.1) is 0 Å². The topological polar surface area (TPSA) is 134 Å². The van der Waals surface area contributed by atoms with Gasteiger partial charge in [-0.2, -0.15) is 0 Å². The zero-order valence-corrected chi connectivity index (χ0v) is 55.5. The van der Waals surface area contributed by atoms with Crippen molar-refractivity contribution in [2.24, 2.45) is 5.73 Å². The Balaban J connectivity index is 3.77. The van der Waals surface area contributed by atoms with E-state index in [1.807, 2.05) is 0 Å². The van der Waals surface area contributed by atoms with Crippen LogP contribution in [0.25, 0.3) is 0 Å². The standard InChI is InChI=1S/C71H142NO8P/c1-3-5-7-9-11-13-15-17-19-21-23-25-27-29-31-32-33-34-35-36-38-40-42-44-46-48-50-52-54-56-58-60-62-64-71(74)80-69(68-79-81(75,76)78-66-65-72)67-77-70(73)63-61-59-57-55-53-51-49-47-45-43-41-39-37-30-28-26-24-22-20-18-16-14-12-10-8-6-4-2/h69H,3-68,72H2,1-2H3,(H,75,76). The van der Waals surface area contributed by atoms with Crippen LogP contribution in [-0.2, 0) is 32.7 Å². The van der Waals surface area contributed by atoms with Gasteiger partial charge in [-0.15, -0.1) is 0 Å². The third kappa shape index (κ3) is 68.0. The second-order valence-corrected chi connectivity index (χ2v) is 26.6. The first-order valence-corrected chi connectivity index (χ1v) is 38.0. The number of esters is 2. The van der Waals surface area contributed by atoms with E-state index in [1.165, 1.54) is 347 Å². The molecule has 0 saturated carbocycles. The van der Waals surface area contributed by atoms with Crippen LogP contribution in [0.3, 0.4) is 0 Å². The van der Waals surface area contributed by atoms with Gasteiger partial charge in [0.25, 0.3) is 0 Å². The van der Waals surface area contributed by atoms with Gasteiger partial charge in [0.2, 0.25) is 0 Å². The fourth-order valence-electron chi connectivity index (χ4n) is 11.6. The fourth-order valence-corrected chi connectivity index (χ4v) is 12.4. The van der Waals surface area contributed by atoms with E-state index in [-0.39, 0.29) is 32.1 Å². The molecule has 0 saturated heterocycles. The Morgan fingerprint density at radius 2 is 0.531 bits per heavy atom. The molecule has 0 radical (unpaired) electrons. The maximum Gasteiger partial charge on any atom is 0.472 e. The molecule has 3 N–H and O–H groups in total. The summed E-state index contributed by atoms with van der Waals surface area (Å²) in [5, 5.41) is 0. The normalized spacial score (nSPS) is 12.8. The average molecular weight is 1170 g/mol. The molecule has 0 aliphatic carbocycles. The monoisotopic (exact) mass is 1170 g/mol. The van der Waals surface area contributed by atoms with Crippen LogP contribution in [0.1, 0.15) is 412 Å². The van der Waals surface area contributed by atoms with Crippen molar-refractivity contribution >= 4 is 19.8 Å². The van der Waals surface area contributed by atoms with Gasteiger partial charge in [-0.1, -0.05) is 386 Å². The number of ether oxygens (including phenoxy) is 2. The summed E-state index contributed by atoms with van der Waals surface area (Å²) in [6.45, 7) is 3.85. The molecule has 484 valence electrons. The lowest BCUT2D eigenvalue weighted by molar-refractivity contribution is -0.161. The van der Waals surface area contributed by atoms with Crippen LogP contribution >= 0.6 is 7.82 Å². The molecule has 0 aliphatic heterocycles. The lowest BCUT2D eigenvalue weighted by Crippen LogP contribution is -2.29. The highest BCUT2D eigenvalue weighted by Gasteiger charge is 2.26. The molecule has 81 heavy (non-hydrogen) atoms. The number of phosphoric acid groups is 1. The summed E-state index contributed by atoms with van der Waals surface area (Å²) in [6, 6.07) is 0. The Hall–Kier alpha value is -0.990. The largest absolute Gasteiger partial charge is 0.472 e.